The van der Waals surface area contributed by atoms with E-state index in [1.54, 1.807) is 48.5 Å². The standard InChI is InChI=1S/C28H20N4O3/c1-2-22-16-27(17-29,18-30)26-28(22,32(34)35)23-15-21(19-9-5-3-6-10-19)13-14-24(23)31(26)25(33)20-11-7-4-8-12-20/h2-15,22,26H,1,16H2/t22-,26-,28+/m1/s1. The molecule has 7 heteroatoms. The summed E-state index contributed by atoms with van der Waals surface area (Å²) in [5.74, 6) is -1.33. The number of carbonyl (C=O) groups is 1. The Labute approximate surface area is 202 Å². The van der Waals surface area contributed by atoms with E-state index in [-0.39, 0.29) is 6.42 Å². The molecular weight excluding hydrogens is 440 g/mol. The summed E-state index contributed by atoms with van der Waals surface area (Å²) in [5.41, 5.74) is -1.11. The Morgan fingerprint density at radius 2 is 1.66 bits per heavy atom. The maximum Gasteiger partial charge on any atom is 0.278 e. The fraction of sp³-hybridized carbons (Fsp3) is 0.179. The third-order valence-electron chi connectivity index (χ3n) is 7.27. The van der Waals surface area contributed by atoms with Crippen molar-refractivity contribution in [2.45, 2.75) is 18.0 Å². The molecule has 3 aromatic rings. The molecule has 3 aromatic carbocycles. The summed E-state index contributed by atoms with van der Waals surface area (Å²) in [6.45, 7) is 3.82. The van der Waals surface area contributed by atoms with Gasteiger partial charge >= 0.3 is 0 Å². The number of hydrogen-bond donors (Lipinski definition) is 0. The van der Waals surface area contributed by atoms with Crippen molar-refractivity contribution >= 4 is 11.6 Å². The van der Waals surface area contributed by atoms with Crippen LogP contribution < -0.4 is 4.90 Å². The molecule has 2 aliphatic rings. The summed E-state index contributed by atoms with van der Waals surface area (Å²) in [6, 6.07) is 25.8. The number of hydrogen-bond acceptors (Lipinski definition) is 5. The summed E-state index contributed by atoms with van der Waals surface area (Å²) in [5, 5.41) is 33.4. The smallest absolute Gasteiger partial charge is 0.278 e. The normalized spacial score (nSPS) is 23.4. The van der Waals surface area contributed by atoms with Gasteiger partial charge in [-0.05, 0) is 41.8 Å². The number of nitriles is 2. The molecule has 7 nitrogen and oxygen atoms in total. The second-order valence-corrected chi connectivity index (χ2v) is 8.87. The monoisotopic (exact) mass is 460 g/mol. The molecule has 1 amide bonds. The molecule has 5 rings (SSSR count). The molecule has 0 radical (unpaired) electrons. The van der Waals surface area contributed by atoms with Gasteiger partial charge in [0.05, 0.1) is 29.3 Å². The largest absolute Gasteiger partial charge is 0.294 e. The van der Waals surface area contributed by atoms with Crippen molar-refractivity contribution in [2.24, 2.45) is 11.3 Å². The van der Waals surface area contributed by atoms with E-state index in [0.29, 0.717) is 16.8 Å². The van der Waals surface area contributed by atoms with Crippen molar-refractivity contribution in [1.29, 1.82) is 10.5 Å². The minimum atomic E-state index is -1.89. The van der Waals surface area contributed by atoms with Crippen LogP contribution in [0.5, 0.6) is 0 Å². The van der Waals surface area contributed by atoms with Crippen LogP contribution in [0.4, 0.5) is 5.69 Å². The van der Waals surface area contributed by atoms with Crippen LogP contribution in [0.2, 0.25) is 0 Å². The Balaban J connectivity index is 1.85. The molecular formula is C28H20N4O3. The second kappa shape index (κ2) is 7.93. The van der Waals surface area contributed by atoms with Crippen molar-refractivity contribution in [3.63, 3.8) is 0 Å². The molecule has 1 aliphatic heterocycles. The molecule has 1 aliphatic carbocycles. The lowest BCUT2D eigenvalue weighted by Crippen LogP contribution is -2.55. The zero-order valence-corrected chi connectivity index (χ0v) is 18.7. The van der Waals surface area contributed by atoms with Gasteiger partial charge in [-0.2, -0.15) is 10.5 Å². The minimum Gasteiger partial charge on any atom is -0.294 e. The fourth-order valence-corrected chi connectivity index (χ4v) is 5.75. The molecule has 0 bridgehead atoms. The number of amides is 1. The lowest BCUT2D eigenvalue weighted by molar-refractivity contribution is -0.585. The third kappa shape index (κ3) is 2.85. The van der Waals surface area contributed by atoms with Crippen molar-refractivity contribution < 1.29 is 9.72 Å². The molecule has 170 valence electrons. The molecule has 0 saturated heterocycles. The highest BCUT2D eigenvalue weighted by Crippen LogP contribution is 2.63. The number of fused-ring (bicyclic) bond motifs is 3. The molecule has 0 spiro atoms. The Kier molecular flexibility index (Phi) is 5.00. The Bertz CT molecular complexity index is 1420. The highest BCUT2D eigenvalue weighted by molar-refractivity contribution is 6.09. The summed E-state index contributed by atoms with van der Waals surface area (Å²) in [6.07, 6.45) is 1.35. The van der Waals surface area contributed by atoms with Crippen LogP contribution >= 0.6 is 0 Å². The molecule has 1 fully saturated rings. The van der Waals surface area contributed by atoms with Crippen LogP contribution in [0.25, 0.3) is 11.1 Å². The van der Waals surface area contributed by atoms with E-state index in [1.807, 2.05) is 30.3 Å². The van der Waals surface area contributed by atoms with Gasteiger partial charge in [-0.1, -0.05) is 60.7 Å². The lowest BCUT2D eigenvalue weighted by atomic mass is 9.77. The fourth-order valence-electron chi connectivity index (χ4n) is 5.75. The molecule has 0 aromatic heterocycles. The van der Waals surface area contributed by atoms with Crippen LogP contribution in [0, 0.1) is 44.1 Å². The van der Waals surface area contributed by atoms with E-state index < -0.39 is 33.7 Å². The zero-order chi connectivity index (χ0) is 24.8. The van der Waals surface area contributed by atoms with Gasteiger partial charge in [-0.25, -0.2) is 0 Å². The maximum atomic E-state index is 13.8. The highest BCUT2D eigenvalue weighted by Gasteiger charge is 2.78. The van der Waals surface area contributed by atoms with E-state index in [4.69, 9.17) is 0 Å². The van der Waals surface area contributed by atoms with Gasteiger partial charge in [0.2, 0.25) is 0 Å². The first kappa shape index (κ1) is 22.1. The second-order valence-electron chi connectivity index (χ2n) is 8.87. The van der Waals surface area contributed by atoms with E-state index >= 15 is 0 Å². The van der Waals surface area contributed by atoms with Gasteiger partial charge in [-0.15, -0.1) is 6.58 Å². The van der Waals surface area contributed by atoms with Crippen molar-refractivity contribution in [3.8, 4) is 23.3 Å². The molecule has 3 atom stereocenters. The molecule has 0 unspecified atom stereocenters. The van der Waals surface area contributed by atoms with Gasteiger partial charge in [0.15, 0.2) is 5.41 Å². The number of carbonyl (C=O) groups excluding carboxylic acids is 1. The SMILES string of the molecule is C=C[C@@H]1CC(C#N)(C#N)[C@H]2N(C(=O)c3ccccc3)c3ccc(-c4ccccc4)cc3[C@@]12[N+](=O)[O-]. The van der Waals surface area contributed by atoms with Crippen LogP contribution in [-0.4, -0.2) is 16.9 Å². The predicted octanol–water partition coefficient (Wildman–Crippen LogP) is 5.09. The number of anilines is 1. The summed E-state index contributed by atoms with van der Waals surface area (Å²) in [7, 11) is 0. The number of rotatable bonds is 4. The Hall–Kier alpha value is -4.75. The summed E-state index contributed by atoms with van der Waals surface area (Å²) in [4.78, 5) is 27.7. The number of benzene rings is 3. The number of nitrogens with zero attached hydrogens (tertiary/aromatic N) is 4. The third-order valence-corrected chi connectivity index (χ3v) is 7.27. The minimum absolute atomic E-state index is 0.0945. The van der Waals surface area contributed by atoms with E-state index in [2.05, 4.69) is 18.7 Å². The average molecular weight is 460 g/mol. The van der Waals surface area contributed by atoms with Gasteiger partial charge in [0.25, 0.3) is 11.4 Å². The number of nitro groups is 1. The first-order chi connectivity index (χ1) is 16.9. The van der Waals surface area contributed by atoms with Crippen LogP contribution in [0.3, 0.4) is 0 Å². The van der Waals surface area contributed by atoms with Crippen LogP contribution in [-0.2, 0) is 5.54 Å². The van der Waals surface area contributed by atoms with Crippen LogP contribution in [0.15, 0.2) is 91.5 Å². The van der Waals surface area contributed by atoms with Gasteiger partial charge in [0, 0.05) is 10.5 Å². The topological polar surface area (TPSA) is 111 Å². The first-order valence-electron chi connectivity index (χ1n) is 11.1. The van der Waals surface area contributed by atoms with E-state index in [0.717, 1.165) is 11.1 Å². The zero-order valence-electron chi connectivity index (χ0n) is 18.7. The van der Waals surface area contributed by atoms with E-state index in [1.165, 1.54) is 11.0 Å². The first-order valence-corrected chi connectivity index (χ1v) is 11.1. The average Bonchev–Trinajstić information content (AvgIpc) is 3.38. The van der Waals surface area contributed by atoms with Gasteiger partial charge < -0.3 is 0 Å². The van der Waals surface area contributed by atoms with Crippen molar-refractivity contribution in [3.05, 3.63) is 113 Å². The van der Waals surface area contributed by atoms with E-state index in [9.17, 15) is 25.4 Å². The summed E-state index contributed by atoms with van der Waals surface area (Å²) < 4.78 is 0. The van der Waals surface area contributed by atoms with Gasteiger partial charge in [-0.3, -0.25) is 19.8 Å². The van der Waals surface area contributed by atoms with Crippen molar-refractivity contribution in [1.82, 2.24) is 0 Å². The summed E-state index contributed by atoms with van der Waals surface area (Å²) >= 11 is 0. The quantitative estimate of drug-likeness (QED) is 0.306. The van der Waals surface area contributed by atoms with Crippen LogP contribution in [0.1, 0.15) is 22.3 Å². The molecule has 35 heavy (non-hydrogen) atoms. The Morgan fingerprint density at radius 3 is 2.23 bits per heavy atom. The molecule has 1 heterocycles. The lowest BCUT2D eigenvalue weighted by Gasteiger charge is -2.32. The Morgan fingerprint density at radius 1 is 1.03 bits per heavy atom. The van der Waals surface area contributed by atoms with Gasteiger partial charge in [0.1, 0.15) is 6.04 Å². The molecule has 0 N–H and O–H groups in total. The van der Waals surface area contributed by atoms with Crippen molar-refractivity contribution in [2.75, 3.05) is 4.90 Å². The highest BCUT2D eigenvalue weighted by atomic mass is 16.6. The maximum absolute atomic E-state index is 13.8. The predicted molar refractivity (Wildman–Crippen MR) is 130 cm³/mol. The molecule has 1 saturated carbocycles.